The molecule has 0 aliphatic rings. The van der Waals surface area contributed by atoms with Crippen LogP contribution in [0.4, 0.5) is 0 Å². The van der Waals surface area contributed by atoms with Crippen molar-refractivity contribution in [2.75, 3.05) is 19.6 Å². The van der Waals surface area contributed by atoms with Crippen LogP contribution in [0, 0.1) is 0 Å². The molecule has 4 heteroatoms. The smallest absolute Gasteiger partial charge is 0.165 e. The monoisotopic (exact) mass is 273 g/mol. The number of rotatable bonds is 6. The zero-order valence-electron chi connectivity index (χ0n) is 10.2. The highest BCUT2D eigenvalue weighted by Crippen LogP contribution is 2.22. The van der Waals surface area contributed by atoms with E-state index in [1.54, 1.807) is 18.2 Å². The van der Waals surface area contributed by atoms with E-state index in [2.05, 4.69) is 18.7 Å². The van der Waals surface area contributed by atoms with Crippen LogP contribution in [0.25, 0.3) is 0 Å². The molecule has 0 saturated carbocycles. The van der Waals surface area contributed by atoms with Crippen LogP contribution in [0.1, 0.15) is 30.6 Å². The third-order valence-corrected chi connectivity index (χ3v) is 3.33. The fourth-order valence-corrected chi connectivity index (χ4v) is 2.16. The molecule has 1 aromatic rings. The van der Waals surface area contributed by atoms with Crippen LogP contribution >= 0.6 is 23.2 Å². The number of benzene rings is 1. The maximum atomic E-state index is 12.0. The average Bonchev–Trinajstić information content (AvgIpc) is 2.30. The number of carbonyl (C=O) groups is 1. The third kappa shape index (κ3) is 4.30. The Morgan fingerprint density at radius 2 is 1.88 bits per heavy atom. The van der Waals surface area contributed by atoms with Gasteiger partial charge in [0.05, 0.1) is 5.02 Å². The Kier molecular flexibility index (Phi) is 5.96. The van der Waals surface area contributed by atoms with Gasteiger partial charge in [-0.05, 0) is 31.3 Å². The summed E-state index contributed by atoms with van der Waals surface area (Å²) in [5, 5.41) is 0.984. The van der Waals surface area contributed by atoms with Crippen LogP contribution in [0.5, 0.6) is 0 Å². The van der Waals surface area contributed by atoms with Gasteiger partial charge in [-0.15, -0.1) is 0 Å². The van der Waals surface area contributed by atoms with Crippen LogP contribution in [-0.4, -0.2) is 30.3 Å². The van der Waals surface area contributed by atoms with Crippen LogP contribution in [0.15, 0.2) is 18.2 Å². The Morgan fingerprint density at radius 3 is 2.41 bits per heavy atom. The molecule has 1 rings (SSSR count). The van der Waals surface area contributed by atoms with E-state index in [0.29, 0.717) is 22.0 Å². The summed E-state index contributed by atoms with van der Waals surface area (Å²) in [5.41, 5.74) is 0.559. The number of carbonyl (C=O) groups excluding carboxylic acids is 1. The second-order valence-electron chi connectivity index (χ2n) is 3.82. The van der Waals surface area contributed by atoms with Crippen molar-refractivity contribution in [1.82, 2.24) is 4.90 Å². The molecule has 0 fully saturated rings. The Bertz CT molecular complexity index is 389. The lowest BCUT2D eigenvalue weighted by Crippen LogP contribution is -2.25. The fourth-order valence-electron chi connectivity index (χ4n) is 1.65. The van der Waals surface area contributed by atoms with Crippen LogP contribution in [-0.2, 0) is 0 Å². The summed E-state index contributed by atoms with van der Waals surface area (Å²) in [4.78, 5) is 14.2. The summed E-state index contributed by atoms with van der Waals surface area (Å²) in [6.07, 6.45) is 0.489. The van der Waals surface area contributed by atoms with Gasteiger partial charge in [0.2, 0.25) is 0 Å². The van der Waals surface area contributed by atoms with Gasteiger partial charge in [-0.1, -0.05) is 37.0 Å². The van der Waals surface area contributed by atoms with Gasteiger partial charge in [0, 0.05) is 23.6 Å². The van der Waals surface area contributed by atoms with Crippen molar-refractivity contribution in [3.05, 3.63) is 33.8 Å². The van der Waals surface area contributed by atoms with E-state index in [4.69, 9.17) is 23.2 Å². The van der Waals surface area contributed by atoms with E-state index in [1.807, 2.05) is 0 Å². The van der Waals surface area contributed by atoms with Gasteiger partial charge >= 0.3 is 0 Å². The molecule has 0 unspecified atom stereocenters. The summed E-state index contributed by atoms with van der Waals surface area (Å²) in [6, 6.07) is 4.99. The molecule has 0 N–H and O–H groups in total. The first-order chi connectivity index (χ1) is 8.08. The molecule has 0 atom stereocenters. The molecular formula is C13H17Cl2NO. The van der Waals surface area contributed by atoms with Crippen LogP contribution < -0.4 is 0 Å². The maximum Gasteiger partial charge on any atom is 0.165 e. The molecule has 0 amide bonds. The van der Waals surface area contributed by atoms with Crippen LogP contribution in [0.3, 0.4) is 0 Å². The molecule has 0 aliphatic heterocycles. The molecule has 0 heterocycles. The summed E-state index contributed by atoms with van der Waals surface area (Å²) in [5.74, 6) is 0.0681. The van der Waals surface area contributed by atoms with Gasteiger partial charge in [0.1, 0.15) is 0 Å². The van der Waals surface area contributed by atoms with Crippen LogP contribution in [0.2, 0.25) is 10.0 Å². The lowest BCUT2D eigenvalue weighted by molar-refractivity contribution is 0.0966. The molecule has 0 spiro atoms. The second kappa shape index (κ2) is 7.00. The summed E-state index contributed by atoms with van der Waals surface area (Å²) < 4.78 is 0. The summed E-state index contributed by atoms with van der Waals surface area (Å²) in [7, 11) is 0. The average molecular weight is 274 g/mol. The highest BCUT2D eigenvalue weighted by Gasteiger charge is 2.11. The van der Waals surface area contributed by atoms with E-state index < -0.39 is 0 Å². The normalized spacial score (nSPS) is 10.9. The Hall–Kier alpha value is -0.570. The Labute approximate surface area is 113 Å². The number of hydrogen-bond donors (Lipinski definition) is 0. The largest absolute Gasteiger partial charge is 0.303 e. The number of hydrogen-bond acceptors (Lipinski definition) is 2. The van der Waals surface area contributed by atoms with Crippen molar-refractivity contribution in [3.63, 3.8) is 0 Å². The summed E-state index contributed by atoms with van der Waals surface area (Å²) in [6.45, 7) is 6.85. The van der Waals surface area contributed by atoms with Gasteiger partial charge < -0.3 is 4.90 Å². The minimum Gasteiger partial charge on any atom is -0.303 e. The molecule has 0 radical (unpaired) electrons. The van der Waals surface area contributed by atoms with Gasteiger partial charge in [-0.25, -0.2) is 0 Å². The van der Waals surface area contributed by atoms with E-state index in [9.17, 15) is 4.79 Å². The van der Waals surface area contributed by atoms with Crippen molar-refractivity contribution < 1.29 is 4.79 Å². The van der Waals surface area contributed by atoms with Crippen molar-refractivity contribution in [2.45, 2.75) is 20.3 Å². The molecule has 2 nitrogen and oxygen atoms in total. The molecule has 0 saturated heterocycles. The summed E-state index contributed by atoms with van der Waals surface area (Å²) >= 11 is 11.8. The van der Waals surface area contributed by atoms with E-state index >= 15 is 0 Å². The molecular weight excluding hydrogens is 257 g/mol. The van der Waals surface area contributed by atoms with Crippen molar-refractivity contribution in [2.24, 2.45) is 0 Å². The topological polar surface area (TPSA) is 20.3 Å². The van der Waals surface area contributed by atoms with E-state index in [-0.39, 0.29) is 5.78 Å². The number of ketones is 1. The Balaban J connectivity index is 2.64. The molecule has 17 heavy (non-hydrogen) atoms. The molecule has 94 valence electrons. The van der Waals surface area contributed by atoms with Gasteiger partial charge in [-0.2, -0.15) is 0 Å². The second-order valence-corrected chi connectivity index (χ2v) is 4.67. The van der Waals surface area contributed by atoms with E-state index in [1.165, 1.54) is 0 Å². The number of nitrogens with zero attached hydrogens (tertiary/aromatic N) is 1. The lowest BCUT2D eigenvalue weighted by Gasteiger charge is -2.17. The first-order valence-corrected chi connectivity index (χ1v) is 6.54. The Morgan fingerprint density at radius 1 is 1.24 bits per heavy atom. The zero-order valence-corrected chi connectivity index (χ0v) is 11.7. The van der Waals surface area contributed by atoms with Crippen molar-refractivity contribution in [1.29, 1.82) is 0 Å². The predicted octanol–water partition coefficient (Wildman–Crippen LogP) is 3.91. The molecule has 0 aromatic heterocycles. The van der Waals surface area contributed by atoms with Gasteiger partial charge in [0.15, 0.2) is 5.78 Å². The third-order valence-electron chi connectivity index (χ3n) is 2.78. The molecule has 0 aliphatic carbocycles. The van der Waals surface area contributed by atoms with Gasteiger partial charge in [-0.3, -0.25) is 4.79 Å². The molecule has 1 aromatic carbocycles. The first-order valence-electron chi connectivity index (χ1n) is 5.79. The predicted molar refractivity (Wildman–Crippen MR) is 73.2 cm³/mol. The lowest BCUT2D eigenvalue weighted by atomic mass is 10.1. The highest BCUT2D eigenvalue weighted by molar-refractivity contribution is 6.36. The number of halogens is 2. The quantitative estimate of drug-likeness (QED) is 0.733. The highest BCUT2D eigenvalue weighted by atomic mass is 35.5. The van der Waals surface area contributed by atoms with E-state index in [0.717, 1.165) is 19.6 Å². The SMILES string of the molecule is CCN(CC)CCC(=O)c1ccc(Cl)cc1Cl. The minimum absolute atomic E-state index is 0.0681. The zero-order chi connectivity index (χ0) is 12.8. The fraction of sp³-hybridized carbons (Fsp3) is 0.462. The molecule has 0 bridgehead atoms. The maximum absolute atomic E-state index is 12.0. The first kappa shape index (κ1) is 14.5. The standard InChI is InChI=1S/C13H17Cl2NO/c1-3-16(4-2)8-7-13(17)11-6-5-10(14)9-12(11)15/h5-6,9H,3-4,7-8H2,1-2H3. The minimum atomic E-state index is 0.0681. The number of Topliss-reactive ketones (excluding diaryl/α,β-unsaturated/α-hetero) is 1. The van der Waals surface area contributed by atoms with Crippen molar-refractivity contribution in [3.8, 4) is 0 Å². The van der Waals surface area contributed by atoms with Crippen molar-refractivity contribution >= 4 is 29.0 Å². The van der Waals surface area contributed by atoms with Gasteiger partial charge in [0.25, 0.3) is 0 Å².